The van der Waals surface area contributed by atoms with Crippen LogP contribution in [0, 0.1) is 11.8 Å². The normalized spacial score (nSPS) is 16.7. The van der Waals surface area contributed by atoms with Gasteiger partial charge in [0.1, 0.15) is 18.0 Å². The number of likely N-dealkylation sites (tertiary alicyclic amines) is 1. The molecule has 1 heterocycles. The van der Waals surface area contributed by atoms with Crippen LogP contribution in [0.1, 0.15) is 40.5 Å². The third-order valence-electron chi connectivity index (χ3n) is 4.62. The van der Waals surface area contributed by atoms with Gasteiger partial charge in [-0.3, -0.25) is 10.0 Å². The molecule has 8 nitrogen and oxygen atoms in total. The smallest absolute Gasteiger partial charge is 0.410 e. The number of benzene rings is 1. The van der Waals surface area contributed by atoms with Gasteiger partial charge < -0.3 is 18.9 Å². The molecule has 0 aromatic heterocycles. The van der Waals surface area contributed by atoms with Gasteiger partial charge in [0.05, 0.1) is 0 Å². The summed E-state index contributed by atoms with van der Waals surface area (Å²) < 4.78 is 22.8. The van der Waals surface area contributed by atoms with E-state index in [1.54, 1.807) is 57.4 Å². The minimum Gasteiger partial charge on any atom is -0.611 e. The minimum atomic E-state index is -1.76. The molecule has 0 aliphatic carbocycles. The number of ether oxygens (including phenoxy) is 2. The van der Waals surface area contributed by atoms with E-state index < -0.39 is 33.5 Å². The van der Waals surface area contributed by atoms with Crippen LogP contribution in [0.3, 0.4) is 0 Å². The lowest BCUT2D eigenvalue weighted by molar-refractivity contribution is -0.133. The highest BCUT2D eigenvalue weighted by Gasteiger charge is 2.53. The predicted octanol–water partition coefficient (Wildman–Crippen LogP) is 2.47. The Morgan fingerprint density at radius 2 is 1.87 bits per heavy atom. The van der Waals surface area contributed by atoms with E-state index in [0.29, 0.717) is 10.6 Å². The summed E-state index contributed by atoms with van der Waals surface area (Å²) in [7, 11) is 0. The molecule has 2 N–H and O–H groups in total. The highest BCUT2D eigenvalue weighted by molar-refractivity contribution is 7.93. The van der Waals surface area contributed by atoms with E-state index in [1.807, 2.05) is 0 Å². The molecule has 1 atom stereocenters. The Labute approximate surface area is 180 Å². The number of hydrogen-bond acceptors (Lipinski definition) is 6. The van der Waals surface area contributed by atoms with Gasteiger partial charge in [0, 0.05) is 37.1 Å². The van der Waals surface area contributed by atoms with Crippen LogP contribution in [0.2, 0.25) is 0 Å². The zero-order chi connectivity index (χ0) is 22.4. The average Bonchev–Trinajstić information content (AvgIpc) is 2.72. The van der Waals surface area contributed by atoms with Gasteiger partial charge in [0.25, 0.3) is 5.91 Å². The van der Waals surface area contributed by atoms with Crippen LogP contribution >= 0.6 is 0 Å². The number of nitrogens with one attached hydrogen (secondary N) is 1. The van der Waals surface area contributed by atoms with Crippen molar-refractivity contribution in [2.45, 2.75) is 55.8 Å². The number of nitrogens with zero attached hydrogens (tertiary/aromatic N) is 1. The van der Waals surface area contributed by atoms with Crippen molar-refractivity contribution in [2.24, 2.45) is 0 Å². The molecule has 9 heteroatoms. The van der Waals surface area contributed by atoms with Gasteiger partial charge in [-0.25, -0.2) is 10.3 Å². The van der Waals surface area contributed by atoms with Crippen molar-refractivity contribution in [3.8, 4) is 17.6 Å². The van der Waals surface area contributed by atoms with Crippen molar-refractivity contribution in [2.75, 3.05) is 19.7 Å². The number of rotatable bonds is 5. The van der Waals surface area contributed by atoms with Gasteiger partial charge in [0.2, 0.25) is 4.75 Å². The quantitative estimate of drug-likeness (QED) is 0.317. The molecular weight excluding hydrogens is 408 g/mol. The summed E-state index contributed by atoms with van der Waals surface area (Å²) in [5.41, 5.74) is 1.01. The fourth-order valence-electron chi connectivity index (χ4n) is 3.05. The maximum atomic E-state index is 13.3. The second-order valence-electron chi connectivity index (χ2n) is 7.86. The zero-order valence-electron chi connectivity index (χ0n) is 17.7. The van der Waals surface area contributed by atoms with Crippen molar-refractivity contribution in [1.82, 2.24) is 10.4 Å². The first-order valence-electron chi connectivity index (χ1n) is 9.60. The Balaban J connectivity index is 2.14. The summed E-state index contributed by atoms with van der Waals surface area (Å²) in [5, 5.41) is 9.27. The van der Waals surface area contributed by atoms with Crippen LogP contribution in [0.5, 0.6) is 5.75 Å². The molecule has 1 saturated heterocycles. The number of carbonyl (C=O) groups excluding carboxylic acids is 2. The van der Waals surface area contributed by atoms with E-state index in [9.17, 15) is 19.3 Å². The number of hydroxylamine groups is 1. The molecule has 1 fully saturated rings. The summed E-state index contributed by atoms with van der Waals surface area (Å²) in [4.78, 5) is 26.7. The van der Waals surface area contributed by atoms with Crippen LogP contribution in [0.25, 0.3) is 0 Å². The Morgan fingerprint density at radius 1 is 1.27 bits per heavy atom. The van der Waals surface area contributed by atoms with E-state index in [2.05, 4.69) is 11.8 Å². The number of piperidine rings is 1. The van der Waals surface area contributed by atoms with Gasteiger partial charge in [-0.15, -0.1) is 5.92 Å². The second kappa shape index (κ2) is 10.1. The summed E-state index contributed by atoms with van der Waals surface area (Å²) in [6, 6.07) is 6.56. The Bertz CT molecular complexity index is 802. The molecule has 30 heavy (non-hydrogen) atoms. The molecule has 0 spiro atoms. The lowest BCUT2D eigenvalue weighted by atomic mass is 9.95. The average molecular weight is 437 g/mol. The van der Waals surface area contributed by atoms with E-state index in [4.69, 9.17) is 9.47 Å². The predicted molar refractivity (Wildman–Crippen MR) is 111 cm³/mol. The van der Waals surface area contributed by atoms with E-state index in [-0.39, 0.29) is 32.5 Å². The largest absolute Gasteiger partial charge is 0.611 e. The van der Waals surface area contributed by atoms with Crippen LogP contribution < -0.4 is 10.2 Å². The monoisotopic (exact) mass is 436 g/mol. The first kappa shape index (κ1) is 23.9. The zero-order valence-corrected chi connectivity index (χ0v) is 18.5. The summed E-state index contributed by atoms with van der Waals surface area (Å²) in [5.74, 6) is 5.35. The van der Waals surface area contributed by atoms with E-state index in [1.165, 1.54) is 4.90 Å². The Morgan fingerprint density at radius 3 is 2.37 bits per heavy atom. The van der Waals surface area contributed by atoms with Crippen molar-refractivity contribution in [3.63, 3.8) is 0 Å². The second-order valence-corrected chi connectivity index (χ2v) is 9.65. The van der Waals surface area contributed by atoms with Gasteiger partial charge in [0.15, 0.2) is 4.90 Å². The molecular formula is C21H28N2O6S. The molecule has 164 valence electrons. The Kier molecular flexibility index (Phi) is 8.01. The van der Waals surface area contributed by atoms with Gasteiger partial charge in [-0.2, -0.15) is 0 Å². The summed E-state index contributed by atoms with van der Waals surface area (Å²) in [6.07, 6.45) is -0.242. The Hall–Kier alpha value is -2.41. The standard InChI is InChI=1S/C21H28N2O6S/c1-5-6-15-28-16-7-9-17(10-8-16)30(27)21(18(24)22-26)11-13-23(14-12-21)19(25)29-20(2,3)4/h7-10,26H,11-15H2,1-4H3,(H,22,24). The topological polar surface area (TPSA) is 111 Å². The van der Waals surface area contributed by atoms with Gasteiger partial charge in [-0.05, 0) is 52.0 Å². The lowest BCUT2D eigenvalue weighted by Gasteiger charge is -2.40. The van der Waals surface area contributed by atoms with Gasteiger partial charge in [-0.1, -0.05) is 5.92 Å². The first-order chi connectivity index (χ1) is 14.1. The van der Waals surface area contributed by atoms with Crippen molar-refractivity contribution in [1.29, 1.82) is 0 Å². The third kappa shape index (κ3) is 5.81. The number of amides is 2. The molecule has 1 aromatic carbocycles. The molecule has 1 aromatic rings. The van der Waals surface area contributed by atoms with E-state index >= 15 is 0 Å². The minimum absolute atomic E-state index is 0.121. The molecule has 0 bridgehead atoms. The first-order valence-corrected chi connectivity index (χ1v) is 10.7. The molecule has 2 rings (SSSR count). The highest BCUT2D eigenvalue weighted by Crippen LogP contribution is 2.36. The molecule has 1 aliphatic heterocycles. The summed E-state index contributed by atoms with van der Waals surface area (Å²) in [6.45, 7) is 7.66. The maximum Gasteiger partial charge on any atom is 0.410 e. The highest BCUT2D eigenvalue weighted by atomic mass is 32.2. The maximum absolute atomic E-state index is 13.3. The molecule has 1 aliphatic rings. The lowest BCUT2D eigenvalue weighted by Crippen LogP contribution is -2.58. The van der Waals surface area contributed by atoms with Crippen LogP contribution in [0.4, 0.5) is 4.79 Å². The number of carbonyl (C=O) groups is 2. The van der Waals surface area contributed by atoms with Crippen molar-refractivity contribution >= 4 is 23.2 Å². The fraction of sp³-hybridized carbons (Fsp3) is 0.524. The van der Waals surface area contributed by atoms with E-state index in [0.717, 1.165) is 0 Å². The summed E-state index contributed by atoms with van der Waals surface area (Å²) >= 11 is -1.76. The molecule has 0 radical (unpaired) electrons. The SMILES string of the molecule is CC#CCOc1ccc([S+]([O-])C2(C(=O)NO)CCN(C(=O)OC(C)(C)C)CC2)cc1. The van der Waals surface area contributed by atoms with Crippen LogP contribution in [-0.4, -0.2) is 56.7 Å². The van der Waals surface area contributed by atoms with Crippen molar-refractivity contribution < 1.29 is 28.8 Å². The third-order valence-corrected chi connectivity index (χ3v) is 6.62. The molecule has 0 saturated carbocycles. The number of hydrogen-bond donors (Lipinski definition) is 2. The molecule has 2 amide bonds. The van der Waals surface area contributed by atoms with Crippen molar-refractivity contribution in [3.05, 3.63) is 24.3 Å². The fourth-order valence-corrected chi connectivity index (χ4v) is 4.65. The molecule has 1 unspecified atom stereocenters. The van der Waals surface area contributed by atoms with Crippen LogP contribution in [-0.2, 0) is 20.7 Å². The van der Waals surface area contributed by atoms with Gasteiger partial charge >= 0.3 is 6.09 Å². The van der Waals surface area contributed by atoms with Crippen LogP contribution in [0.15, 0.2) is 29.2 Å².